The number of hydrogen-bond donors (Lipinski definition) is 1. The van der Waals surface area contributed by atoms with Crippen LogP contribution in [-0.4, -0.2) is 5.11 Å². The molecule has 2 aromatic carbocycles. The zero-order chi connectivity index (χ0) is 13.1. The summed E-state index contributed by atoms with van der Waals surface area (Å²) < 4.78 is 19.7. The van der Waals surface area contributed by atoms with Gasteiger partial charge in [0.2, 0.25) is 0 Å². The lowest BCUT2D eigenvalue weighted by molar-refractivity contribution is 0.276. The largest absolute Gasteiger partial charge is 0.454 e. The van der Waals surface area contributed by atoms with Crippen LogP contribution in [-0.2, 0) is 6.61 Å². The number of halogens is 3. The number of aliphatic hydroxyl groups excluding tert-OH is 1. The Morgan fingerprint density at radius 2 is 2.00 bits per heavy atom. The predicted octanol–water partition coefficient (Wildman–Crippen LogP) is 4.53. The highest BCUT2D eigenvalue weighted by molar-refractivity contribution is 9.10. The van der Waals surface area contributed by atoms with Gasteiger partial charge in [-0.25, -0.2) is 4.39 Å². The first-order valence-corrected chi connectivity index (χ1v) is 6.30. The molecule has 0 aromatic heterocycles. The third kappa shape index (κ3) is 2.83. The van der Waals surface area contributed by atoms with Gasteiger partial charge in [-0.1, -0.05) is 33.6 Å². The Kier molecular flexibility index (Phi) is 4.22. The summed E-state index contributed by atoms with van der Waals surface area (Å²) in [5, 5.41) is 9.61. The Hall–Kier alpha value is -1.10. The van der Waals surface area contributed by atoms with Crippen LogP contribution in [0.25, 0.3) is 0 Å². The maximum absolute atomic E-state index is 13.6. The normalized spacial score (nSPS) is 10.4. The average molecular weight is 332 g/mol. The summed E-state index contributed by atoms with van der Waals surface area (Å²) in [5.74, 6) is -0.0783. The Morgan fingerprint density at radius 1 is 1.22 bits per heavy atom. The van der Waals surface area contributed by atoms with E-state index in [-0.39, 0.29) is 12.4 Å². The van der Waals surface area contributed by atoms with E-state index in [2.05, 4.69) is 15.9 Å². The second-order valence-electron chi connectivity index (χ2n) is 3.55. The number of rotatable bonds is 3. The van der Waals surface area contributed by atoms with Gasteiger partial charge in [-0.2, -0.15) is 0 Å². The summed E-state index contributed by atoms with van der Waals surface area (Å²) in [7, 11) is 0. The van der Waals surface area contributed by atoms with Crippen LogP contribution in [0.5, 0.6) is 11.5 Å². The number of benzene rings is 2. The molecular weight excluding hydrogens is 322 g/mol. The van der Waals surface area contributed by atoms with Crippen molar-refractivity contribution >= 4 is 27.5 Å². The second kappa shape index (κ2) is 5.69. The molecule has 18 heavy (non-hydrogen) atoms. The lowest BCUT2D eigenvalue weighted by Crippen LogP contribution is -1.94. The zero-order valence-corrected chi connectivity index (χ0v) is 11.5. The minimum atomic E-state index is -0.484. The van der Waals surface area contributed by atoms with E-state index in [4.69, 9.17) is 16.3 Å². The quantitative estimate of drug-likeness (QED) is 0.895. The SMILES string of the molecule is OCc1c(Cl)cccc1Oc1cc(Br)ccc1F. The fraction of sp³-hybridized carbons (Fsp3) is 0.0769. The molecule has 2 nitrogen and oxygen atoms in total. The van der Waals surface area contributed by atoms with Crippen molar-refractivity contribution in [3.63, 3.8) is 0 Å². The van der Waals surface area contributed by atoms with Crippen LogP contribution in [0.15, 0.2) is 40.9 Å². The van der Waals surface area contributed by atoms with E-state index < -0.39 is 5.82 Å². The first-order chi connectivity index (χ1) is 8.61. The van der Waals surface area contributed by atoms with Crippen molar-refractivity contribution in [3.05, 3.63) is 57.3 Å². The maximum Gasteiger partial charge on any atom is 0.165 e. The summed E-state index contributed by atoms with van der Waals surface area (Å²) in [6.07, 6.45) is 0. The van der Waals surface area contributed by atoms with E-state index in [0.717, 1.165) is 0 Å². The molecule has 0 atom stereocenters. The van der Waals surface area contributed by atoms with Gasteiger partial charge in [0.15, 0.2) is 11.6 Å². The Morgan fingerprint density at radius 3 is 2.72 bits per heavy atom. The smallest absolute Gasteiger partial charge is 0.165 e. The Labute approximate surface area is 117 Å². The summed E-state index contributed by atoms with van der Waals surface area (Å²) >= 11 is 9.16. The molecule has 94 valence electrons. The van der Waals surface area contributed by atoms with Gasteiger partial charge in [-0.15, -0.1) is 0 Å². The molecule has 0 heterocycles. The molecule has 0 radical (unpaired) electrons. The van der Waals surface area contributed by atoms with Crippen LogP contribution in [0.1, 0.15) is 5.56 Å². The fourth-order valence-electron chi connectivity index (χ4n) is 1.46. The number of aliphatic hydroxyl groups is 1. The van der Waals surface area contributed by atoms with Crippen molar-refractivity contribution in [2.45, 2.75) is 6.61 Å². The molecule has 0 aliphatic heterocycles. The molecular formula is C13H9BrClFO2. The molecule has 0 unspecified atom stereocenters. The number of ether oxygens (including phenoxy) is 1. The molecule has 2 aromatic rings. The lowest BCUT2D eigenvalue weighted by atomic mass is 10.2. The molecule has 0 bridgehead atoms. The highest BCUT2D eigenvalue weighted by Gasteiger charge is 2.11. The summed E-state index contributed by atoms with van der Waals surface area (Å²) in [6, 6.07) is 9.31. The molecule has 0 aliphatic rings. The predicted molar refractivity (Wildman–Crippen MR) is 71.5 cm³/mol. The molecule has 0 amide bonds. The van der Waals surface area contributed by atoms with E-state index in [9.17, 15) is 9.50 Å². The third-order valence-corrected chi connectivity index (χ3v) is 3.19. The van der Waals surface area contributed by atoms with E-state index in [1.54, 1.807) is 24.3 Å². The first-order valence-electron chi connectivity index (χ1n) is 5.13. The van der Waals surface area contributed by atoms with E-state index in [1.807, 2.05) is 0 Å². The Balaban J connectivity index is 2.40. The molecule has 2 rings (SSSR count). The summed E-state index contributed by atoms with van der Waals surface area (Å²) in [5.41, 5.74) is 0.429. The topological polar surface area (TPSA) is 29.5 Å². The minimum Gasteiger partial charge on any atom is -0.454 e. The van der Waals surface area contributed by atoms with Crippen molar-refractivity contribution in [2.75, 3.05) is 0 Å². The Bertz CT molecular complexity index is 575. The van der Waals surface area contributed by atoms with Crippen LogP contribution in [0.4, 0.5) is 4.39 Å². The second-order valence-corrected chi connectivity index (χ2v) is 4.87. The van der Waals surface area contributed by atoms with Gasteiger partial charge in [0.1, 0.15) is 5.75 Å². The van der Waals surface area contributed by atoms with Crippen molar-refractivity contribution in [2.24, 2.45) is 0 Å². The first kappa shape index (κ1) is 13.3. The highest BCUT2D eigenvalue weighted by Crippen LogP contribution is 2.32. The molecule has 1 N–H and O–H groups in total. The van der Waals surface area contributed by atoms with Crippen molar-refractivity contribution < 1.29 is 14.2 Å². The average Bonchev–Trinajstić information content (AvgIpc) is 2.34. The molecule has 0 aliphatic carbocycles. The molecule has 5 heteroatoms. The maximum atomic E-state index is 13.6. The van der Waals surface area contributed by atoms with Gasteiger partial charge in [-0.3, -0.25) is 0 Å². The third-order valence-electron chi connectivity index (χ3n) is 2.35. The molecule has 0 saturated carbocycles. The fourth-order valence-corrected chi connectivity index (χ4v) is 2.03. The van der Waals surface area contributed by atoms with Crippen LogP contribution in [0.2, 0.25) is 5.02 Å². The number of hydrogen-bond acceptors (Lipinski definition) is 2. The van der Waals surface area contributed by atoms with E-state index in [0.29, 0.717) is 20.8 Å². The van der Waals surface area contributed by atoms with Gasteiger partial charge >= 0.3 is 0 Å². The van der Waals surface area contributed by atoms with Crippen LogP contribution in [0, 0.1) is 5.82 Å². The van der Waals surface area contributed by atoms with Crippen LogP contribution in [0.3, 0.4) is 0 Å². The lowest BCUT2D eigenvalue weighted by Gasteiger charge is -2.11. The zero-order valence-electron chi connectivity index (χ0n) is 9.16. The van der Waals surface area contributed by atoms with Crippen molar-refractivity contribution in [1.29, 1.82) is 0 Å². The monoisotopic (exact) mass is 330 g/mol. The summed E-state index contributed by atoms with van der Waals surface area (Å²) in [4.78, 5) is 0. The highest BCUT2D eigenvalue weighted by atomic mass is 79.9. The van der Waals surface area contributed by atoms with Crippen LogP contribution < -0.4 is 4.74 Å². The van der Waals surface area contributed by atoms with Gasteiger partial charge in [0.25, 0.3) is 0 Å². The van der Waals surface area contributed by atoms with Crippen LogP contribution >= 0.6 is 27.5 Å². The van der Waals surface area contributed by atoms with Gasteiger partial charge < -0.3 is 9.84 Å². The van der Waals surface area contributed by atoms with Gasteiger partial charge in [0, 0.05) is 15.1 Å². The molecule has 0 saturated heterocycles. The summed E-state index contributed by atoms with van der Waals surface area (Å²) in [6.45, 7) is -0.273. The van der Waals surface area contributed by atoms with E-state index in [1.165, 1.54) is 12.1 Å². The van der Waals surface area contributed by atoms with E-state index >= 15 is 0 Å². The van der Waals surface area contributed by atoms with Gasteiger partial charge in [0.05, 0.1) is 6.61 Å². The van der Waals surface area contributed by atoms with Gasteiger partial charge in [-0.05, 0) is 30.3 Å². The molecule has 0 spiro atoms. The molecule has 0 fully saturated rings. The van der Waals surface area contributed by atoms with Crippen molar-refractivity contribution in [1.82, 2.24) is 0 Å². The standard InChI is InChI=1S/C13H9BrClFO2/c14-8-4-5-11(16)13(6-8)18-12-3-1-2-10(15)9(12)7-17/h1-6,17H,7H2. The minimum absolute atomic E-state index is 0.0707. The van der Waals surface area contributed by atoms with Crippen molar-refractivity contribution in [3.8, 4) is 11.5 Å².